The molecule has 0 unspecified atom stereocenters. The molecule has 0 spiro atoms. The summed E-state index contributed by atoms with van der Waals surface area (Å²) in [5.41, 5.74) is 0.948. The Balaban J connectivity index is 2.08. The van der Waals surface area contributed by atoms with Gasteiger partial charge in [0.2, 0.25) is 5.82 Å². The van der Waals surface area contributed by atoms with Crippen molar-refractivity contribution in [2.75, 3.05) is 0 Å². The first-order valence-electron chi connectivity index (χ1n) is 4.35. The van der Waals surface area contributed by atoms with Gasteiger partial charge in [0.25, 0.3) is 0 Å². The summed E-state index contributed by atoms with van der Waals surface area (Å²) in [6.07, 6.45) is 0. The maximum atomic E-state index is 13.1. The van der Waals surface area contributed by atoms with Crippen LogP contribution in [0.4, 0.5) is 8.78 Å². The van der Waals surface area contributed by atoms with Crippen LogP contribution >= 0.6 is 11.3 Å². The zero-order valence-electron chi connectivity index (χ0n) is 7.74. The molecular formula is C11H8F2OS. The Hall–Kier alpha value is -1.42. The predicted octanol–water partition coefficient (Wildman–Crippen LogP) is 3.61. The summed E-state index contributed by atoms with van der Waals surface area (Å²) in [4.78, 5) is 0. The summed E-state index contributed by atoms with van der Waals surface area (Å²) in [5.74, 6) is -1.88. The molecule has 0 atom stereocenters. The van der Waals surface area contributed by atoms with Gasteiger partial charge in [-0.15, -0.1) is 0 Å². The number of rotatable bonds is 3. The van der Waals surface area contributed by atoms with Gasteiger partial charge in [-0.1, -0.05) is 6.07 Å². The van der Waals surface area contributed by atoms with Gasteiger partial charge in [-0.25, -0.2) is 4.39 Å². The minimum atomic E-state index is -0.937. The number of benzene rings is 1. The van der Waals surface area contributed by atoms with Crippen LogP contribution in [0.2, 0.25) is 0 Å². The highest BCUT2D eigenvalue weighted by Crippen LogP contribution is 2.20. The highest BCUT2D eigenvalue weighted by molar-refractivity contribution is 7.07. The molecule has 0 saturated carbocycles. The molecule has 0 aliphatic carbocycles. The molecule has 4 heteroatoms. The van der Waals surface area contributed by atoms with E-state index in [1.54, 1.807) is 0 Å². The molecule has 2 aromatic rings. The summed E-state index contributed by atoms with van der Waals surface area (Å²) in [5, 5.41) is 3.80. The monoisotopic (exact) mass is 226 g/mol. The summed E-state index contributed by atoms with van der Waals surface area (Å²) in [7, 11) is 0. The van der Waals surface area contributed by atoms with Crippen molar-refractivity contribution in [3.05, 3.63) is 52.2 Å². The normalized spacial score (nSPS) is 10.3. The average molecular weight is 226 g/mol. The lowest BCUT2D eigenvalue weighted by Crippen LogP contribution is -1.97. The number of thiophene rings is 1. The van der Waals surface area contributed by atoms with E-state index in [4.69, 9.17) is 4.74 Å². The van der Waals surface area contributed by atoms with E-state index in [-0.39, 0.29) is 12.4 Å². The first-order valence-corrected chi connectivity index (χ1v) is 5.29. The van der Waals surface area contributed by atoms with Crippen LogP contribution in [0.1, 0.15) is 5.56 Å². The van der Waals surface area contributed by atoms with Crippen LogP contribution in [0, 0.1) is 11.6 Å². The number of hydrogen-bond donors (Lipinski definition) is 0. The van der Waals surface area contributed by atoms with Crippen LogP contribution in [0.3, 0.4) is 0 Å². The van der Waals surface area contributed by atoms with E-state index >= 15 is 0 Å². The Labute approximate surface area is 89.9 Å². The lowest BCUT2D eigenvalue weighted by molar-refractivity contribution is 0.285. The van der Waals surface area contributed by atoms with Gasteiger partial charge in [-0.3, -0.25) is 0 Å². The van der Waals surface area contributed by atoms with Crippen LogP contribution in [0.15, 0.2) is 35.0 Å². The molecule has 1 heterocycles. The number of halogens is 2. The van der Waals surface area contributed by atoms with Crippen LogP contribution in [0.25, 0.3) is 0 Å². The van der Waals surface area contributed by atoms with Crippen molar-refractivity contribution in [1.82, 2.24) is 0 Å². The van der Waals surface area contributed by atoms with Crippen molar-refractivity contribution in [3.8, 4) is 5.75 Å². The van der Waals surface area contributed by atoms with Crippen molar-refractivity contribution in [2.24, 2.45) is 0 Å². The third kappa shape index (κ3) is 2.33. The Bertz CT molecular complexity index is 440. The molecule has 0 bridgehead atoms. The van der Waals surface area contributed by atoms with E-state index in [2.05, 4.69) is 0 Å². The lowest BCUT2D eigenvalue weighted by atomic mass is 10.3. The van der Waals surface area contributed by atoms with Gasteiger partial charge in [0.15, 0.2) is 11.6 Å². The zero-order valence-corrected chi connectivity index (χ0v) is 8.56. The van der Waals surface area contributed by atoms with E-state index in [1.165, 1.54) is 23.5 Å². The molecular weight excluding hydrogens is 218 g/mol. The fourth-order valence-electron chi connectivity index (χ4n) is 1.13. The molecule has 1 aromatic carbocycles. The van der Waals surface area contributed by atoms with Crippen LogP contribution < -0.4 is 4.74 Å². The van der Waals surface area contributed by atoms with Crippen LogP contribution in [-0.4, -0.2) is 0 Å². The molecule has 15 heavy (non-hydrogen) atoms. The molecule has 2 rings (SSSR count). The quantitative estimate of drug-likeness (QED) is 0.776. The van der Waals surface area contributed by atoms with Crippen molar-refractivity contribution < 1.29 is 13.5 Å². The molecule has 0 radical (unpaired) electrons. The molecule has 0 aliphatic rings. The molecule has 0 amide bonds. The van der Waals surface area contributed by atoms with E-state index < -0.39 is 11.6 Å². The molecule has 0 aliphatic heterocycles. The summed E-state index contributed by atoms with van der Waals surface area (Å²) < 4.78 is 31.1. The first kappa shape index (κ1) is 10.1. The molecule has 0 fully saturated rings. The van der Waals surface area contributed by atoms with Gasteiger partial charge in [-0.2, -0.15) is 15.7 Å². The van der Waals surface area contributed by atoms with E-state index in [9.17, 15) is 8.78 Å². The SMILES string of the molecule is Fc1cccc(OCc2ccsc2)c1F. The largest absolute Gasteiger partial charge is 0.486 e. The molecule has 1 nitrogen and oxygen atoms in total. The Morgan fingerprint density at radius 1 is 1.20 bits per heavy atom. The summed E-state index contributed by atoms with van der Waals surface area (Å²) >= 11 is 1.53. The van der Waals surface area contributed by atoms with Crippen molar-refractivity contribution in [1.29, 1.82) is 0 Å². The maximum absolute atomic E-state index is 13.1. The predicted molar refractivity (Wildman–Crippen MR) is 55.0 cm³/mol. The average Bonchev–Trinajstić information content (AvgIpc) is 2.73. The number of hydrogen-bond acceptors (Lipinski definition) is 2. The Kier molecular flexibility index (Phi) is 2.97. The summed E-state index contributed by atoms with van der Waals surface area (Å²) in [6.45, 7) is 0.254. The van der Waals surface area contributed by atoms with Gasteiger partial charge in [0.05, 0.1) is 0 Å². The molecule has 1 aromatic heterocycles. The van der Waals surface area contributed by atoms with Crippen LogP contribution in [0.5, 0.6) is 5.75 Å². The molecule has 0 N–H and O–H groups in total. The minimum absolute atomic E-state index is 0.0544. The minimum Gasteiger partial charge on any atom is -0.486 e. The van der Waals surface area contributed by atoms with E-state index in [0.29, 0.717) is 0 Å². The Morgan fingerprint density at radius 2 is 2.07 bits per heavy atom. The smallest absolute Gasteiger partial charge is 0.200 e. The Morgan fingerprint density at radius 3 is 2.80 bits per heavy atom. The second-order valence-corrected chi connectivity index (χ2v) is 3.75. The topological polar surface area (TPSA) is 9.23 Å². The van der Waals surface area contributed by atoms with Crippen LogP contribution in [-0.2, 0) is 6.61 Å². The standard InChI is InChI=1S/C11H8F2OS/c12-9-2-1-3-10(11(9)13)14-6-8-4-5-15-7-8/h1-5,7H,6H2. The zero-order chi connectivity index (χ0) is 10.7. The highest BCUT2D eigenvalue weighted by atomic mass is 32.1. The fraction of sp³-hybridized carbons (Fsp3) is 0.0909. The summed E-state index contributed by atoms with van der Waals surface area (Å²) in [6, 6.07) is 5.76. The van der Waals surface area contributed by atoms with Crippen molar-refractivity contribution in [3.63, 3.8) is 0 Å². The maximum Gasteiger partial charge on any atom is 0.200 e. The molecule has 0 saturated heterocycles. The van der Waals surface area contributed by atoms with Crippen molar-refractivity contribution >= 4 is 11.3 Å². The van der Waals surface area contributed by atoms with Gasteiger partial charge in [0, 0.05) is 0 Å². The van der Waals surface area contributed by atoms with Gasteiger partial charge >= 0.3 is 0 Å². The first-order chi connectivity index (χ1) is 7.27. The van der Waals surface area contributed by atoms with Crippen molar-refractivity contribution in [2.45, 2.75) is 6.61 Å². The van der Waals surface area contributed by atoms with E-state index in [1.807, 2.05) is 16.8 Å². The molecule has 78 valence electrons. The van der Waals surface area contributed by atoms with Gasteiger partial charge < -0.3 is 4.74 Å². The van der Waals surface area contributed by atoms with Gasteiger partial charge in [-0.05, 0) is 34.5 Å². The fourth-order valence-corrected chi connectivity index (χ4v) is 1.78. The number of ether oxygens (including phenoxy) is 1. The highest BCUT2D eigenvalue weighted by Gasteiger charge is 2.08. The third-order valence-electron chi connectivity index (χ3n) is 1.89. The van der Waals surface area contributed by atoms with E-state index in [0.717, 1.165) is 11.6 Å². The second kappa shape index (κ2) is 4.40. The lowest BCUT2D eigenvalue weighted by Gasteiger charge is -2.05. The third-order valence-corrected chi connectivity index (χ3v) is 2.62. The van der Waals surface area contributed by atoms with Gasteiger partial charge in [0.1, 0.15) is 6.61 Å². The second-order valence-electron chi connectivity index (χ2n) is 2.97.